The van der Waals surface area contributed by atoms with Gasteiger partial charge >= 0.3 is 5.97 Å². The Hall–Kier alpha value is -2.54. The van der Waals surface area contributed by atoms with Crippen molar-refractivity contribution >= 4 is 23.5 Å². The van der Waals surface area contributed by atoms with Crippen molar-refractivity contribution < 1.29 is 19.4 Å². The van der Waals surface area contributed by atoms with E-state index in [9.17, 15) is 9.59 Å². The molecule has 1 aromatic heterocycles. The number of aromatic nitrogens is 2. The van der Waals surface area contributed by atoms with E-state index >= 15 is 0 Å². The zero-order valence-electron chi connectivity index (χ0n) is 12.7. The van der Waals surface area contributed by atoms with Crippen LogP contribution in [0.3, 0.4) is 0 Å². The summed E-state index contributed by atoms with van der Waals surface area (Å²) >= 11 is 5.93. The van der Waals surface area contributed by atoms with Gasteiger partial charge in [0.05, 0.1) is 12.8 Å². The van der Waals surface area contributed by atoms with Crippen molar-refractivity contribution in [3.05, 3.63) is 46.2 Å². The summed E-state index contributed by atoms with van der Waals surface area (Å²) < 4.78 is 6.71. The Morgan fingerprint density at radius 3 is 2.83 bits per heavy atom. The van der Waals surface area contributed by atoms with E-state index in [2.05, 4.69) is 10.4 Å². The predicted octanol–water partition coefficient (Wildman–Crippen LogP) is 2.10. The Balaban J connectivity index is 2.17. The average molecular weight is 338 g/mol. The van der Waals surface area contributed by atoms with Crippen LogP contribution in [0.5, 0.6) is 5.75 Å². The molecule has 0 radical (unpaired) electrons. The van der Waals surface area contributed by atoms with Crippen molar-refractivity contribution in [3.63, 3.8) is 0 Å². The topological polar surface area (TPSA) is 93.4 Å². The van der Waals surface area contributed by atoms with Gasteiger partial charge in [-0.3, -0.25) is 9.48 Å². The van der Waals surface area contributed by atoms with E-state index in [1.807, 2.05) is 6.92 Å². The Labute approximate surface area is 137 Å². The van der Waals surface area contributed by atoms with E-state index in [4.69, 9.17) is 21.4 Å². The van der Waals surface area contributed by atoms with Crippen molar-refractivity contribution in [1.82, 2.24) is 15.1 Å². The molecule has 7 nitrogen and oxygen atoms in total. The number of carbonyl (C=O) groups excluding carboxylic acids is 1. The zero-order valence-corrected chi connectivity index (χ0v) is 13.4. The number of benzene rings is 1. The van der Waals surface area contributed by atoms with Crippen molar-refractivity contribution in [2.24, 2.45) is 7.05 Å². The minimum atomic E-state index is -1.20. The number of carbonyl (C=O) groups is 2. The predicted molar refractivity (Wildman–Crippen MR) is 84.0 cm³/mol. The van der Waals surface area contributed by atoms with Gasteiger partial charge in [0.1, 0.15) is 17.0 Å². The number of hydrogen-bond acceptors (Lipinski definition) is 4. The molecule has 0 bridgehead atoms. The highest BCUT2D eigenvalue weighted by Gasteiger charge is 2.21. The van der Waals surface area contributed by atoms with Crippen LogP contribution in [0.4, 0.5) is 0 Å². The standard InChI is InChI=1S/C15H16ClN3O4/c1-3-23-12-6-10(16)5-4-9(12)7-17-14(20)13-11(15(21)22)8-18-19(13)2/h4-6,8H,3,7H2,1-2H3,(H,17,20)(H,21,22). The summed E-state index contributed by atoms with van der Waals surface area (Å²) in [6.45, 7) is 2.49. The molecular weight excluding hydrogens is 322 g/mol. The molecule has 0 saturated heterocycles. The highest BCUT2D eigenvalue weighted by atomic mass is 35.5. The number of rotatable bonds is 6. The highest BCUT2D eigenvalue weighted by Crippen LogP contribution is 2.23. The van der Waals surface area contributed by atoms with E-state index < -0.39 is 11.9 Å². The molecule has 0 aliphatic rings. The highest BCUT2D eigenvalue weighted by molar-refractivity contribution is 6.30. The van der Waals surface area contributed by atoms with Crippen LogP contribution in [0.2, 0.25) is 5.02 Å². The molecular formula is C15H16ClN3O4. The fourth-order valence-electron chi connectivity index (χ4n) is 2.09. The van der Waals surface area contributed by atoms with Gasteiger partial charge in [-0.2, -0.15) is 5.10 Å². The molecule has 0 saturated carbocycles. The molecule has 1 heterocycles. The van der Waals surface area contributed by atoms with Gasteiger partial charge in [-0.1, -0.05) is 17.7 Å². The minimum Gasteiger partial charge on any atom is -0.493 e. The van der Waals surface area contributed by atoms with Gasteiger partial charge in [0.15, 0.2) is 0 Å². The van der Waals surface area contributed by atoms with Crippen molar-refractivity contribution in [2.45, 2.75) is 13.5 Å². The number of ether oxygens (including phenoxy) is 1. The maximum atomic E-state index is 12.3. The molecule has 2 aromatic rings. The molecule has 8 heteroatoms. The third-order valence-corrected chi connectivity index (χ3v) is 3.39. The molecule has 122 valence electrons. The lowest BCUT2D eigenvalue weighted by molar-refractivity contribution is 0.0690. The van der Waals surface area contributed by atoms with Gasteiger partial charge in [-0.05, 0) is 19.1 Å². The van der Waals surface area contributed by atoms with E-state index in [-0.39, 0.29) is 17.8 Å². The summed E-state index contributed by atoms with van der Waals surface area (Å²) in [6, 6.07) is 5.10. The molecule has 2 N–H and O–H groups in total. The van der Waals surface area contributed by atoms with Crippen LogP contribution in [0.15, 0.2) is 24.4 Å². The molecule has 0 aliphatic carbocycles. The van der Waals surface area contributed by atoms with Crippen LogP contribution < -0.4 is 10.1 Å². The number of nitrogens with zero attached hydrogens (tertiary/aromatic N) is 2. The summed E-state index contributed by atoms with van der Waals surface area (Å²) in [5, 5.41) is 16.1. The number of halogens is 1. The Morgan fingerprint density at radius 1 is 1.43 bits per heavy atom. The monoisotopic (exact) mass is 337 g/mol. The van der Waals surface area contributed by atoms with Crippen molar-refractivity contribution in [1.29, 1.82) is 0 Å². The molecule has 0 atom stereocenters. The summed E-state index contributed by atoms with van der Waals surface area (Å²) in [7, 11) is 1.51. The maximum Gasteiger partial charge on any atom is 0.339 e. The molecule has 0 fully saturated rings. The molecule has 0 unspecified atom stereocenters. The number of hydrogen-bond donors (Lipinski definition) is 2. The van der Waals surface area contributed by atoms with Crippen molar-refractivity contribution in [3.8, 4) is 5.75 Å². The van der Waals surface area contributed by atoms with Crippen LogP contribution in [-0.2, 0) is 13.6 Å². The Bertz CT molecular complexity index is 742. The normalized spacial score (nSPS) is 10.4. The number of aromatic carboxylic acids is 1. The van der Waals surface area contributed by atoms with Crippen molar-refractivity contribution in [2.75, 3.05) is 6.61 Å². The second kappa shape index (κ2) is 7.15. The van der Waals surface area contributed by atoms with Gasteiger partial charge in [0, 0.05) is 24.2 Å². The number of carboxylic acid groups (broad SMARTS) is 1. The third kappa shape index (κ3) is 3.81. The summed E-state index contributed by atoms with van der Waals surface area (Å²) in [5.74, 6) is -1.16. The number of nitrogens with one attached hydrogen (secondary N) is 1. The van der Waals surface area contributed by atoms with Gasteiger partial charge in [-0.25, -0.2) is 4.79 Å². The first-order valence-electron chi connectivity index (χ1n) is 6.88. The first-order chi connectivity index (χ1) is 10.9. The number of aryl methyl sites for hydroxylation is 1. The molecule has 0 spiro atoms. The fraction of sp³-hybridized carbons (Fsp3) is 0.267. The van der Waals surface area contributed by atoms with Gasteiger partial charge in [0.2, 0.25) is 0 Å². The Kier molecular flexibility index (Phi) is 5.23. The van der Waals surface area contributed by atoms with Crippen LogP contribution in [0.1, 0.15) is 33.3 Å². The van der Waals surface area contributed by atoms with Crippen LogP contribution >= 0.6 is 11.6 Å². The second-order valence-electron chi connectivity index (χ2n) is 4.70. The molecule has 1 aromatic carbocycles. The average Bonchev–Trinajstić information content (AvgIpc) is 2.88. The van der Waals surface area contributed by atoms with Gasteiger partial charge in [0.25, 0.3) is 5.91 Å². The van der Waals surface area contributed by atoms with E-state index in [1.54, 1.807) is 18.2 Å². The van der Waals surface area contributed by atoms with Crippen LogP contribution in [0, 0.1) is 0 Å². The molecule has 1 amide bonds. The van der Waals surface area contributed by atoms with E-state index in [0.29, 0.717) is 17.4 Å². The number of amides is 1. The first kappa shape index (κ1) is 16.8. The lowest BCUT2D eigenvalue weighted by Crippen LogP contribution is -2.27. The zero-order chi connectivity index (χ0) is 17.0. The van der Waals surface area contributed by atoms with E-state index in [0.717, 1.165) is 11.8 Å². The van der Waals surface area contributed by atoms with Crippen LogP contribution in [0.25, 0.3) is 0 Å². The molecule has 2 rings (SSSR count). The Morgan fingerprint density at radius 2 is 2.17 bits per heavy atom. The van der Waals surface area contributed by atoms with Gasteiger partial charge in [-0.15, -0.1) is 0 Å². The van der Waals surface area contributed by atoms with Crippen LogP contribution in [-0.4, -0.2) is 33.4 Å². The third-order valence-electron chi connectivity index (χ3n) is 3.15. The lowest BCUT2D eigenvalue weighted by Gasteiger charge is -2.12. The first-order valence-corrected chi connectivity index (χ1v) is 7.26. The summed E-state index contributed by atoms with van der Waals surface area (Å²) in [6.07, 6.45) is 1.14. The molecule has 23 heavy (non-hydrogen) atoms. The quantitative estimate of drug-likeness (QED) is 0.842. The largest absolute Gasteiger partial charge is 0.493 e. The maximum absolute atomic E-state index is 12.3. The fourth-order valence-corrected chi connectivity index (χ4v) is 2.25. The molecule has 0 aliphatic heterocycles. The van der Waals surface area contributed by atoms with Gasteiger partial charge < -0.3 is 15.2 Å². The SMILES string of the molecule is CCOc1cc(Cl)ccc1CNC(=O)c1c(C(=O)O)cnn1C. The lowest BCUT2D eigenvalue weighted by atomic mass is 10.2. The van der Waals surface area contributed by atoms with E-state index in [1.165, 1.54) is 11.7 Å². The second-order valence-corrected chi connectivity index (χ2v) is 5.14. The smallest absolute Gasteiger partial charge is 0.339 e. The minimum absolute atomic E-state index is 0.00979. The summed E-state index contributed by atoms with van der Waals surface area (Å²) in [5.41, 5.74) is 0.583. The number of carboxylic acids is 1. The summed E-state index contributed by atoms with van der Waals surface area (Å²) in [4.78, 5) is 23.4.